The van der Waals surface area contributed by atoms with Gasteiger partial charge in [0.05, 0.1) is 12.7 Å². The molecule has 5 heteroatoms. The number of esters is 1. The fourth-order valence-corrected chi connectivity index (χ4v) is 4.23. The van der Waals surface area contributed by atoms with Gasteiger partial charge in [0.1, 0.15) is 6.54 Å². The van der Waals surface area contributed by atoms with Crippen molar-refractivity contribution >= 4 is 22.8 Å². The van der Waals surface area contributed by atoms with Crippen LogP contribution in [0, 0.1) is 5.92 Å². The van der Waals surface area contributed by atoms with E-state index in [2.05, 4.69) is 24.3 Å². The molecule has 1 aliphatic rings. The Morgan fingerprint density at radius 1 is 1.00 bits per heavy atom. The van der Waals surface area contributed by atoms with E-state index in [1.165, 1.54) is 12.7 Å². The molecule has 5 nitrogen and oxygen atoms in total. The first kappa shape index (κ1) is 19.2. The van der Waals surface area contributed by atoms with Gasteiger partial charge < -0.3 is 14.2 Å². The summed E-state index contributed by atoms with van der Waals surface area (Å²) in [5.74, 6) is 0.342. The van der Waals surface area contributed by atoms with E-state index in [1.54, 1.807) is 6.20 Å². The van der Waals surface area contributed by atoms with Crippen molar-refractivity contribution in [2.45, 2.75) is 25.8 Å². The maximum absolute atomic E-state index is 12.9. The Morgan fingerprint density at radius 3 is 2.41 bits per heavy atom. The van der Waals surface area contributed by atoms with Crippen LogP contribution < -0.4 is 0 Å². The highest BCUT2D eigenvalue weighted by molar-refractivity contribution is 6.04. The number of para-hydroxylation sites is 1. The van der Waals surface area contributed by atoms with Crippen molar-refractivity contribution in [3.05, 3.63) is 71.9 Å². The van der Waals surface area contributed by atoms with E-state index < -0.39 is 0 Å². The first-order valence-electron chi connectivity index (χ1n) is 10.1. The van der Waals surface area contributed by atoms with E-state index >= 15 is 0 Å². The van der Waals surface area contributed by atoms with Crippen molar-refractivity contribution in [1.29, 1.82) is 0 Å². The highest BCUT2D eigenvalue weighted by Gasteiger charge is 2.24. The number of carbonyl (C=O) groups excluding carboxylic acids is 2. The molecule has 3 aromatic rings. The minimum absolute atomic E-state index is 0.0975. The number of amides is 1. The second-order valence-corrected chi connectivity index (χ2v) is 7.69. The topological polar surface area (TPSA) is 51.5 Å². The molecule has 0 radical (unpaired) electrons. The summed E-state index contributed by atoms with van der Waals surface area (Å²) in [4.78, 5) is 26.9. The summed E-state index contributed by atoms with van der Waals surface area (Å²) in [5, 5.41) is 0.814. The van der Waals surface area contributed by atoms with Crippen LogP contribution in [-0.2, 0) is 22.5 Å². The number of nitrogens with zero attached hydrogens (tertiary/aromatic N) is 2. The van der Waals surface area contributed by atoms with E-state index in [-0.39, 0.29) is 18.4 Å². The molecule has 1 saturated heterocycles. The Kier molecular flexibility index (Phi) is 5.65. The number of ether oxygens (including phenoxy) is 1. The lowest BCUT2D eigenvalue weighted by Gasteiger charge is -2.32. The van der Waals surface area contributed by atoms with Gasteiger partial charge in [-0.05, 0) is 36.8 Å². The number of hydrogen-bond acceptors (Lipinski definition) is 3. The largest absolute Gasteiger partial charge is 0.465 e. The molecule has 4 rings (SSSR count). The van der Waals surface area contributed by atoms with Crippen molar-refractivity contribution < 1.29 is 14.3 Å². The predicted octanol–water partition coefficient (Wildman–Crippen LogP) is 3.91. The summed E-state index contributed by atoms with van der Waals surface area (Å²) in [6, 6.07) is 18.2. The van der Waals surface area contributed by atoms with Crippen LogP contribution in [0.1, 0.15) is 28.8 Å². The Hall–Kier alpha value is -3.08. The van der Waals surface area contributed by atoms with Gasteiger partial charge in [-0.3, -0.25) is 4.79 Å². The van der Waals surface area contributed by atoms with Gasteiger partial charge in [-0.2, -0.15) is 0 Å². The summed E-state index contributed by atoms with van der Waals surface area (Å²) >= 11 is 0. The lowest BCUT2D eigenvalue weighted by Crippen LogP contribution is -2.40. The molecule has 0 aliphatic carbocycles. The molecule has 1 aromatic heterocycles. The Labute approximate surface area is 170 Å². The Balaban J connectivity index is 1.41. The highest BCUT2D eigenvalue weighted by atomic mass is 16.5. The Bertz CT molecular complexity index is 1000. The maximum atomic E-state index is 12.9. The van der Waals surface area contributed by atoms with Crippen molar-refractivity contribution in [1.82, 2.24) is 9.47 Å². The number of hydrogen-bond donors (Lipinski definition) is 0. The fraction of sp³-hybridized carbons (Fsp3) is 0.333. The van der Waals surface area contributed by atoms with Crippen LogP contribution in [0.3, 0.4) is 0 Å². The van der Waals surface area contributed by atoms with E-state index in [0.29, 0.717) is 11.5 Å². The van der Waals surface area contributed by atoms with E-state index in [4.69, 9.17) is 4.74 Å². The molecular weight excluding hydrogens is 364 g/mol. The molecule has 0 saturated carbocycles. The molecule has 1 aliphatic heterocycles. The third kappa shape index (κ3) is 4.19. The number of methoxy groups -OCH3 is 1. The first-order valence-corrected chi connectivity index (χ1v) is 10.1. The second-order valence-electron chi connectivity index (χ2n) is 7.69. The van der Waals surface area contributed by atoms with Gasteiger partial charge in [-0.1, -0.05) is 48.5 Å². The molecule has 29 heavy (non-hydrogen) atoms. The van der Waals surface area contributed by atoms with Crippen LogP contribution in [0.25, 0.3) is 10.9 Å². The van der Waals surface area contributed by atoms with Crippen LogP contribution >= 0.6 is 0 Å². The average molecular weight is 390 g/mol. The molecule has 1 fully saturated rings. The number of benzene rings is 2. The number of carbonyl (C=O) groups is 2. The smallest absolute Gasteiger partial charge is 0.340 e. The van der Waals surface area contributed by atoms with Crippen molar-refractivity contribution in [2.24, 2.45) is 5.92 Å². The minimum Gasteiger partial charge on any atom is -0.465 e. The van der Waals surface area contributed by atoms with Gasteiger partial charge in [0.2, 0.25) is 5.91 Å². The van der Waals surface area contributed by atoms with E-state index in [0.717, 1.165) is 43.3 Å². The average Bonchev–Trinajstić information content (AvgIpc) is 3.13. The zero-order valence-corrected chi connectivity index (χ0v) is 16.7. The van der Waals surface area contributed by atoms with Crippen molar-refractivity contribution in [2.75, 3.05) is 20.2 Å². The van der Waals surface area contributed by atoms with Gasteiger partial charge in [-0.15, -0.1) is 0 Å². The Morgan fingerprint density at radius 2 is 1.69 bits per heavy atom. The highest BCUT2D eigenvalue weighted by Crippen LogP contribution is 2.24. The number of rotatable bonds is 5. The van der Waals surface area contributed by atoms with Gasteiger partial charge in [0.25, 0.3) is 0 Å². The molecule has 0 unspecified atom stereocenters. The van der Waals surface area contributed by atoms with Crippen LogP contribution in [0.5, 0.6) is 0 Å². The molecule has 0 atom stereocenters. The molecule has 1 amide bonds. The van der Waals surface area contributed by atoms with E-state index in [9.17, 15) is 9.59 Å². The minimum atomic E-state index is -0.380. The number of likely N-dealkylation sites (tertiary alicyclic amines) is 1. The molecule has 0 N–H and O–H groups in total. The summed E-state index contributed by atoms with van der Waals surface area (Å²) in [6.45, 7) is 1.82. The SMILES string of the molecule is COC(=O)c1cn(CC(=O)N2CCC(Cc3ccccc3)CC2)c2ccccc12. The standard InChI is InChI=1S/C24H26N2O3/c1-29-24(28)21-16-26(22-10-6-5-9-20(21)22)17-23(27)25-13-11-19(12-14-25)15-18-7-3-2-4-8-18/h2-10,16,19H,11-15,17H2,1H3. The predicted molar refractivity (Wildman–Crippen MR) is 113 cm³/mol. The van der Waals surface area contributed by atoms with Gasteiger partial charge >= 0.3 is 5.97 Å². The maximum Gasteiger partial charge on any atom is 0.340 e. The molecular formula is C24H26N2O3. The molecule has 0 bridgehead atoms. The summed E-state index contributed by atoms with van der Waals surface area (Å²) in [6.07, 6.45) is 4.87. The zero-order valence-electron chi connectivity index (χ0n) is 16.7. The molecule has 0 spiro atoms. The first-order chi connectivity index (χ1) is 14.2. The second kappa shape index (κ2) is 8.52. The van der Waals surface area contributed by atoms with Crippen LogP contribution in [0.4, 0.5) is 0 Å². The summed E-state index contributed by atoms with van der Waals surface area (Å²) in [7, 11) is 1.37. The lowest BCUT2D eigenvalue weighted by atomic mass is 9.90. The van der Waals surface area contributed by atoms with Crippen LogP contribution in [0.2, 0.25) is 0 Å². The van der Waals surface area contributed by atoms with Crippen LogP contribution in [-0.4, -0.2) is 41.5 Å². The lowest BCUT2D eigenvalue weighted by molar-refractivity contribution is -0.133. The molecule has 2 aromatic carbocycles. The van der Waals surface area contributed by atoms with Gasteiger partial charge in [-0.25, -0.2) is 4.79 Å². The zero-order chi connectivity index (χ0) is 20.2. The number of aromatic nitrogens is 1. The van der Waals surface area contributed by atoms with Gasteiger partial charge in [0, 0.05) is 30.2 Å². The van der Waals surface area contributed by atoms with Gasteiger partial charge in [0.15, 0.2) is 0 Å². The molecule has 150 valence electrons. The monoisotopic (exact) mass is 390 g/mol. The third-order valence-electron chi connectivity index (χ3n) is 5.83. The number of piperidine rings is 1. The van der Waals surface area contributed by atoms with Crippen LogP contribution in [0.15, 0.2) is 60.8 Å². The normalized spacial score (nSPS) is 14.9. The summed E-state index contributed by atoms with van der Waals surface area (Å²) in [5.41, 5.74) is 2.74. The third-order valence-corrected chi connectivity index (χ3v) is 5.83. The van der Waals surface area contributed by atoms with Crippen molar-refractivity contribution in [3.8, 4) is 0 Å². The molecule has 2 heterocycles. The van der Waals surface area contributed by atoms with Crippen molar-refractivity contribution in [3.63, 3.8) is 0 Å². The number of fused-ring (bicyclic) bond motifs is 1. The quantitative estimate of drug-likeness (QED) is 0.621. The summed E-state index contributed by atoms with van der Waals surface area (Å²) < 4.78 is 6.75. The fourth-order valence-electron chi connectivity index (χ4n) is 4.23. The van der Waals surface area contributed by atoms with E-state index in [1.807, 2.05) is 39.8 Å².